The molecule has 0 saturated carbocycles. The Bertz CT molecular complexity index is 1050. The lowest BCUT2D eigenvalue weighted by Crippen LogP contribution is -2.49. The first-order valence-electron chi connectivity index (χ1n) is 9.52. The molecule has 1 aromatic heterocycles. The molecule has 4 rings (SSSR count). The van der Waals surface area contributed by atoms with Gasteiger partial charge in [0.25, 0.3) is 0 Å². The number of methoxy groups -OCH3 is 1. The zero-order valence-corrected chi connectivity index (χ0v) is 16.9. The summed E-state index contributed by atoms with van der Waals surface area (Å²) in [7, 11) is 1.36. The second kappa shape index (κ2) is 8.17. The Hall–Kier alpha value is -2.99. The van der Waals surface area contributed by atoms with E-state index >= 15 is 0 Å². The van der Waals surface area contributed by atoms with Crippen LogP contribution >= 0.6 is 11.6 Å². The highest BCUT2D eigenvalue weighted by atomic mass is 35.5. The van der Waals surface area contributed by atoms with Crippen molar-refractivity contribution in [3.05, 3.63) is 65.3 Å². The lowest BCUT2D eigenvalue weighted by atomic mass is 10.2. The molecule has 0 bridgehead atoms. The molecule has 1 amide bonds. The molecule has 2 aromatic carbocycles. The molecule has 1 saturated heterocycles. The molecule has 0 unspecified atom stereocenters. The SMILES string of the molecule is COC(=O)c1cn(CC(=O)N2CCN(c3ccccc3Cl)CC2)c2ccccc12. The number of piperazine rings is 1. The van der Waals surface area contributed by atoms with E-state index in [1.165, 1.54) is 7.11 Å². The maximum atomic E-state index is 12.9. The van der Waals surface area contributed by atoms with Crippen LogP contribution in [0.25, 0.3) is 10.9 Å². The number of anilines is 1. The molecule has 150 valence electrons. The number of esters is 1. The van der Waals surface area contributed by atoms with Gasteiger partial charge in [-0.3, -0.25) is 4.79 Å². The van der Waals surface area contributed by atoms with Crippen LogP contribution in [-0.4, -0.2) is 54.6 Å². The van der Waals surface area contributed by atoms with Gasteiger partial charge >= 0.3 is 5.97 Å². The minimum Gasteiger partial charge on any atom is -0.465 e. The van der Waals surface area contributed by atoms with E-state index in [0.717, 1.165) is 34.7 Å². The van der Waals surface area contributed by atoms with Gasteiger partial charge in [0.1, 0.15) is 6.54 Å². The number of amides is 1. The summed E-state index contributed by atoms with van der Waals surface area (Å²) in [6, 6.07) is 15.3. The maximum absolute atomic E-state index is 12.9. The predicted molar refractivity (Wildman–Crippen MR) is 114 cm³/mol. The number of halogens is 1. The standard InChI is InChI=1S/C22H22ClN3O3/c1-29-22(28)17-14-26(19-8-4-2-6-16(17)19)15-21(27)25-12-10-24(11-13-25)20-9-5-3-7-18(20)23/h2-9,14H,10-13,15H2,1H3. The molecule has 2 heterocycles. The van der Waals surface area contributed by atoms with Gasteiger partial charge in [0.05, 0.1) is 23.4 Å². The van der Waals surface area contributed by atoms with Crippen LogP contribution in [0.5, 0.6) is 0 Å². The van der Waals surface area contributed by atoms with Crippen LogP contribution < -0.4 is 4.90 Å². The second-order valence-electron chi connectivity index (χ2n) is 7.00. The van der Waals surface area contributed by atoms with Crippen molar-refractivity contribution < 1.29 is 14.3 Å². The first-order valence-corrected chi connectivity index (χ1v) is 9.89. The number of carbonyl (C=O) groups is 2. The van der Waals surface area contributed by atoms with Gasteiger partial charge in [-0.25, -0.2) is 4.79 Å². The van der Waals surface area contributed by atoms with E-state index in [4.69, 9.17) is 16.3 Å². The number of nitrogens with zero attached hydrogens (tertiary/aromatic N) is 3. The van der Waals surface area contributed by atoms with E-state index in [0.29, 0.717) is 18.7 Å². The highest BCUT2D eigenvalue weighted by Crippen LogP contribution is 2.26. The Morgan fingerprint density at radius 3 is 2.41 bits per heavy atom. The van der Waals surface area contributed by atoms with Gasteiger partial charge in [0.15, 0.2) is 0 Å². The number of para-hydroxylation sites is 2. The van der Waals surface area contributed by atoms with Gasteiger partial charge in [-0.1, -0.05) is 41.9 Å². The molecule has 29 heavy (non-hydrogen) atoms. The summed E-state index contributed by atoms with van der Waals surface area (Å²) >= 11 is 6.30. The van der Waals surface area contributed by atoms with E-state index in [9.17, 15) is 9.59 Å². The van der Waals surface area contributed by atoms with Crippen LogP contribution in [0.15, 0.2) is 54.7 Å². The highest BCUT2D eigenvalue weighted by Gasteiger charge is 2.24. The van der Waals surface area contributed by atoms with Crippen LogP contribution in [0.2, 0.25) is 5.02 Å². The molecule has 0 N–H and O–H groups in total. The summed E-state index contributed by atoms with van der Waals surface area (Å²) < 4.78 is 6.70. The summed E-state index contributed by atoms with van der Waals surface area (Å²) in [6.45, 7) is 2.91. The zero-order chi connectivity index (χ0) is 20.4. The van der Waals surface area contributed by atoms with Gasteiger partial charge in [0, 0.05) is 43.3 Å². The summed E-state index contributed by atoms with van der Waals surface area (Å²) in [5.41, 5.74) is 2.32. The predicted octanol–water partition coefficient (Wildman–Crippen LogP) is 3.43. The second-order valence-corrected chi connectivity index (χ2v) is 7.41. The van der Waals surface area contributed by atoms with Crippen molar-refractivity contribution in [1.82, 2.24) is 9.47 Å². The van der Waals surface area contributed by atoms with Crippen LogP contribution in [-0.2, 0) is 16.1 Å². The van der Waals surface area contributed by atoms with Crippen LogP contribution in [0.1, 0.15) is 10.4 Å². The molecule has 0 aliphatic carbocycles. The molecule has 0 atom stereocenters. The maximum Gasteiger partial charge on any atom is 0.340 e. The normalized spacial score (nSPS) is 14.3. The van der Waals surface area contributed by atoms with Crippen LogP contribution in [0.3, 0.4) is 0 Å². The molecular weight excluding hydrogens is 390 g/mol. The molecular formula is C22H22ClN3O3. The largest absolute Gasteiger partial charge is 0.465 e. The van der Waals surface area contributed by atoms with Crippen LogP contribution in [0.4, 0.5) is 5.69 Å². The molecule has 1 aliphatic rings. The zero-order valence-electron chi connectivity index (χ0n) is 16.2. The van der Waals surface area contributed by atoms with E-state index in [-0.39, 0.29) is 12.5 Å². The minimum atomic E-state index is -0.402. The fourth-order valence-electron chi connectivity index (χ4n) is 3.80. The van der Waals surface area contributed by atoms with Gasteiger partial charge < -0.3 is 19.1 Å². The Morgan fingerprint density at radius 1 is 1.00 bits per heavy atom. The molecule has 3 aromatic rings. The van der Waals surface area contributed by atoms with Crippen LogP contribution in [0, 0.1) is 0 Å². The smallest absolute Gasteiger partial charge is 0.340 e. The van der Waals surface area contributed by atoms with Crippen molar-refractivity contribution in [2.45, 2.75) is 6.54 Å². The van der Waals surface area contributed by atoms with Crippen molar-refractivity contribution in [3.8, 4) is 0 Å². The van der Waals surface area contributed by atoms with Gasteiger partial charge in [-0.15, -0.1) is 0 Å². The molecule has 0 spiro atoms. The van der Waals surface area contributed by atoms with E-state index < -0.39 is 5.97 Å². The number of aromatic nitrogens is 1. The molecule has 1 fully saturated rings. The average Bonchev–Trinajstić information content (AvgIpc) is 3.12. The highest BCUT2D eigenvalue weighted by molar-refractivity contribution is 6.33. The molecule has 7 heteroatoms. The number of ether oxygens (including phenoxy) is 1. The summed E-state index contributed by atoms with van der Waals surface area (Å²) in [5, 5.41) is 1.51. The Labute approximate surface area is 174 Å². The van der Waals surface area contributed by atoms with Gasteiger partial charge in [-0.05, 0) is 18.2 Å². The first kappa shape index (κ1) is 19.3. The lowest BCUT2D eigenvalue weighted by molar-refractivity contribution is -0.132. The molecule has 6 nitrogen and oxygen atoms in total. The molecule has 0 radical (unpaired) electrons. The third-order valence-electron chi connectivity index (χ3n) is 5.33. The number of hydrogen-bond donors (Lipinski definition) is 0. The molecule has 1 aliphatic heterocycles. The quantitative estimate of drug-likeness (QED) is 0.617. The summed E-state index contributed by atoms with van der Waals surface area (Å²) in [6.07, 6.45) is 1.70. The van der Waals surface area contributed by atoms with E-state index in [2.05, 4.69) is 4.90 Å². The average molecular weight is 412 g/mol. The minimum absolute atomic E-state index is 0.0287. The van der Waals surface area contributed by atoms with Crippen molar-refractivity contribution >= 4 is 40.1 Å². The summed E-state index contributed by atoms with van der Waals surface area (Å²) in [5.74, 6) is -0.373. The third kappa shape index (κ3) is 3.80. The number of carbonyl (C=O) groups excluding carboxylic acids is 2. The van der Waals surface area contributed by atoms with Crippen molar-refractivity contribution in [1.29, 1.82) is 0 Å². The Kier molecular flexibility index (Phi) is 5.45. The number of rotatable bonds is 4. The number of fused-ring (bicyclic) bond motifs is 1. The van der Waals surface area contributed by atoms with E-state index in [1.54, 1.807) is 6.20 Å². The first-order chi connectivity index (χ1) is 14.1. The number of benzene rings is 2. The lowest BCUT2D eigenvalue weighted by Gasteiger charge is -2.36. The fourth-order valence-corrected chi connectivity index (χ4v) is 4.06. The fraction of sp³-hybridized carbons (Fsp3) is 0.273. The van der Waals surface area contributed by atoms with Gasteiger partial charge in [0.2, 0.25) is 5.91 Å². The summed E-state index contributed by atoms with van der Waals surface area (Å²) in [4.78, 5) is 29.1. The number of hydrogen-bond acceptors (Lipinski definition) is 4. The monoisotopic (exact) mass is 411 g/mol. The topological polar surface area (TPSA) is 54.8 Å². The third-order valence-corrected chi connectivity index (χ3v) is 5.64. The Morgan fingerprint density at radius 2 is 1.69 bits per heavy atom. The van der Waals surface area contributed by atoms with Gasteiger partial charge in [-0.2, -0.15) is 0 Å². The van der Waals surface area contributed by atoms with Crippen molar-refractivity contribution in [2.75, 3.05) is 38.2 Å². The van der Waals surface area contributed by atoms with Crippen molar-refractivity contribution in [2.24, 2.45) is 0 Å². The Balaban J connectivity index is 1.47. The van der Waals surface area contributed by atoms with E-state index in [1.807, 2.05) is 58.0 Å². The van der Waals surface area contributed by atoms with Crippen molar-refractivity contribution in [3.63, 3.8) is 0 Å².